The van der Waals surface area contributed by atoms with E-state index in [1.165, 1.54) is 20.7 Å². The normalized spacial score (nSPS) is 11.0. The summed E-state index contributed by atoms with van der Waals surface area (Å²) in [6, 6.07) is 21.3. The summed E-state index contributed by atoms with van der Waals surface area (Å²) in [4.78, 5) is 28.0. The average Bonchev–Trinajstić information content (AvgIpc) is 2.79. The van der Waals surface area contributed by atoms with Gasteiger partial charge < -0.3 is 5.32 Å². The predicted molar refractivity (Wildman–Crippen MR) is 131 cm³/mol. The molecule has 4 aromatic rings. The van der Waals surface area contributed by atoms with Crippen molar-refractivity contribution in [1.29, 1.82) is 0 Å². The Morgan fingerprint density at radius 1 is 1.00 bits per heavy atom. The van der Waals surface area contributed by atoms with Gasteiger partial charge in [0.25, 0.3) is 11.5 Å². The van der Waals surface area contributed by atoms with Crippen LogP contribution in [-0.2, 0) is 6.54 Å². The monoisotopic (exact) mass is 443 g/mol. The highest BCUT2D eigenvalue weighted by Gasteiger charge is 2.16. The zero-order valence-corrected chi connectivity index (χ0v) is 19.2. The molecule has 0 radical (unpaired) electrons. The standard InChI is InChI=1S/C26H25N3O2S/c1-4-15-29-26(31)22-8-6-5-7-21(22)24(28-29)25(30)27-19-11-13-20(14-12-19)32-23-16-17(2)9-10-18(23)3/h5-14,16H,4,15H2,1-3H3,(H,27,30). The van der Waals surface area contributed by atoms with E-state index in [4.69, 9.17) is 0 Å². The molecular formula is C26H25N3O2S. The van der Waals surface area contributed by atoms with Crippen molar-refractivity contribution in [2.45, 2.75) is 43.5 Å². The van der Waals surface area contributed by atoms with Gasteiger partial charge in [0.1, 0.15) is 0 Å². The Balaban J connectivity index is 1.58. The lowest BCUT2D eigenvalue weighted by Crippen LogP contribution is -2.27. The maximum Gasteiger partial charge on any atom is 0.276 e. The third-order valence-electron chi connectivity index (χ3n) is 5.20. The van der Waals surface area contributed by atoms with Gasteiger partial charge in [-0.25, -0.2) is 4.68 Å². The second-order valence-electron chi connectivity index (χ2n) is 7.77. The molecule has 0 aliphatic carbocycles. The van der Waals surface area contributed by atoms with Crippen LogP contribution in [0.1, 0.15) is 35.0 Å². The van der Waals surface area contributed by atoms with E-state index in [9.17, 15) is 9.59 Å². The summed E-state index contributed by atoms with van der Waals surface area (Å²) in [5, 5.41) is 8.35. The fraction of sp³-hybridized carbons (Fsp3) is 0.192. The molecule has 0 fully saturated rings. The summed E-state index contributed by atoms with van der Waals surface area (Å²) in [6.07, 6.45) is 0.756. The first-order valence-electron chi connectivity index (χ1n) is 10.6. The van der Waals surface area contributed by atoms with Crippen molar-refractivity contribution in [1.82, 2.24) is 9.78 Å². The summed E-state index contributed by atoms with van der Waals surface area (Å²) < 4.78 is 1.38. The molecule has 32 heavy (non-hydrogen) atoms. The van der Waals surface area contributed by atoms with E-state index in [1.807, 2.05) is 37.3 Å². The van der Waals surface area contributed by atoms with Crippen molar-refractivity contribution in [2.75, 3.05) is 5.32 Å². The van der Waals surface area contributed by atoms with E-state index >= 15 is 0 Å². The number of anilines is 1. The summed E-state index contributed by atoms with van der Waals surface area (Å²) in [5.74, 6) is -0.332. The fourth-order valence-electron chi connectivity index (χ4n) is 3.51. The summed E-state index contributed by atoms with van der Waals surface area (Å²) in [6.45, 7) is 6.63. The number of hydrogen-bond acceptors (Lipinski definition) is 4. The third-order valence-corrected chi connectivity index (χ3v) is 6.37. The molecule has 0 unspecified atom stereocenters. The van der Waals surface area contributed by atoms with Gasteiger partial charge >= 0.3 is 0 Å². The van der Waals surface area contributed by atoms with Crippen LogP contribution in [0.15, 0.2) is 81.3 Å². The Morgan fingerprint density at radius 3 is 2.44 bits per heavy atom. The van der Waals surface area contributed by atoms with Crippen molar-refractivity contribution >= 4 is 34.1 Å². The minimum atomic E-state index is -0.332. The Morgan fingerprint density at radius 2 is 1.72 bits per heavy atom. The van der Waals surface area contributed by atoms with Gasteiger partial charge in [-0.2, -0.15) is 5.10 Å². The number of rotatable bonds is 6. The number of amides is 1. The van der Waals surface area contributed by atoms with Gasteiger partial charge in [0.15, 0.2) is 5.69 Å². The Bertz CT molecular complexity index is 1340. The third kappa shape index (κ3) is 4.60. The summed E-state index contributed by atoms with van der Waals surface area (Å²) >= 11 is 1.70. The summed E-state index contributed by atoms with van der Waals surface area (Å²) in [5.41, 5.74) is 3.22. The highest BCUT2D eigenvalue weighted by Crippen LogP contribution is 2.31. The lowest BCUT2D eigenvalue weighted by molar-refractivity contribution is 0.102. The van der Waals surface area contributed by atoms with Gasteiger partial charge in [-0.1, -0.05) is 49.0 Å². The molecule has 0 aliphatic rings. The highest BCUT2D eigenvalue weighted by molar-refractivity contribution is 7.99. The zero-order valence-electron chi connectivity index (χ0n) is 18.4. The van der Waals surface area contributed by atoms with Crippen LogP contribution >= 0.6 is 11.8 Å². The Labute approximate surface area is 191 Å². The lowest BCUT2D eigenvalue weighted by atomic mass is 10.1. The van der Waals surface area contributed by atoms with Crippen molar-refractivity contribution in [3.8, 4) is 0 Å². The fourth-order valence-corrected chi connectivity index (χ4v) is 4.51. The van der Waals surface area contributed by atoms with Crippen molar-refractivity contribution < 1.29 is 4.79 Å². The molecule has 162 valence electrons. The minimum absolute atomic E-state index is 0.174. The number of hydrogen-bond donors (Lipinski definition) is 1. The first-order chi connectivity index (χ1) is 15.5. The van der Waals surface area contributed by atoms with Crippen molar-refractivity contribution in [3.63, 3.8) is 0 Å². The smallest absolute Gasteiger partial charge is 0.276 e. The number of aryl methyl sites for hydroxylation is 3. The van der Waals surface area contributed by atoms with Crippen LogP contribution in [0.5, 0.6) is 0 Å². The lowest BCUT2D eigenvalue weighted by Gasteiger charge is -2.11. The molecule has 0 saturated carbocycles. The van der Waals surface area contributed by atoms with Crippen molar-refractivity contribution in [3.05, 3.63) is 93.9 Å². The number of nitrogens with one attached hydrogen (secondary N) is 1. The van der Waals surface area contributed by atoms with Crippen LogP contribution < -0.4 is 10.9 Å². The maximum atomic E-state index is 13.1. The number of benzene rings is 3. The molecule has 5 nitrogen and oxygen atoms in total. The molecule has 0 aliphatic heterocycles. The second-order valence-corrected chi connectivity index (χ2v) is 8.89. The number of carbonyl (C=O) groups excluding carboxylic acids is 1. The number of carbonyl (C=O) groups is 1. The maximum absolute atomic E-state index is 13.1. The topological polar surface area (TPSA) is 64.0 Å². The second kappa shape index (κ2) is 9.40. The van der Waals surface area contributed by atoms with Crippen LogP contribution in [0, 0.1) is 13.8 Å². The molecule has 0 saturated heterocycles. The average molecular weight is 444 g/mol. The van der Waals surface area contributed by atoms with Gasteiger partial charge in [0.2, 0.25) is 0 Å². The molecule has 0 spiro atoms. The number of aromatic nitrogens is 2. The summed E-state index contributed by atoms with van der Waals surface area (Å²) in [7, 11) is 0. The number of fused-ring (bicyclic) bond motifs is 1. The Hall–Kier alpha value is -3.38. The van der Waals surface area contributed by atoms with Crippen molar-refractivity contribution in [2.24, 2.45) is 0 Å². The van der Waals surface area contributed by atoms with E-state index in [0.717, 1.165) is 11.3 Å². The quantitative estimate of drug-likeness (QED) is 0.407. The van der Waals surface area contributed by atoms with Crippen LogP contribution in [0.25, 0.3) is 10.8 Å². The van der Waals surface area contributed by atoms with Crippen LogP contribution in [0.4, 0.5) is 5.69 Å². The molecule has 1 heterocycles. The zero-order chi connectivity index (χ0) is 22.7. The van der Waals surface area contributed by atoms with Gasteiger partial charge in [-0.05, 0) is 67.8 Å². The Kier molecular flexibility index (Phi) is 6.42. The van der Waals surface area contributed by atoms with Gasteiger partial charge in [-0.15, -0.1) is 0 Å². The molecule has 1 N–H and O–H groups in total. The molecule has 0 bridgehead atoms. The highest BCUT2D eigenvalue weighted by atomic mass is 32.2. The molecule has 1 amide bonds. The van der Waals surface area contributed by atoms with Crippen LogP contribution in [0.2, 0.25) is 0 Å². The van der Waals surface area contributed by atoms with Gasteiger partial charge in [0.05, 0.1) is 5.39 Å². The molecular weight excluding hydrogens is 418 g/mol. The van der Waals surface area contributed by atoms with Crippen LogP contribution in [-0.4, -0.2) is 15.7 Å². The van der Waals surface area contributed by atoms with E-state index in [0.29, 0.717) is 23.0 Å². The molecule has 1 aromatic heterocycles. The minimum Gasteiger partial charge on any atom is -0.321 e. The molecule has 4 rings (SSSR count). The predicted octanol–water partition coefficient (Wildman–Crippen LogP) is 5.83. The van der Waals surface area contributed by atoms with Gasteiger partial charge in [-0.3, -0.25) is 9.59 Å². The van der Waals surface area contributed by atoms with Gasteiger partial charge in [0, 0.05) is 27.4 Å². The SMILES string of the molecule is CCCn1nc(C(=O)Nc2ccc(Sc3cc(C)ccc3C)cc2)c2ccccc2c1=O. The van der Waals surface area contributed by atoms with E-state index in [2.05, 4.69) is 42.5 Å². The molecule has 3 aromatic carbocycles. The number of nitrogens with zero attached hydrogens (tertiary/aromatic N) is 2. The van der Waals surface area contributed by atoms with E-state index < -0.39 is 0 Å². The molecule has 0 atom stereocenters. The largest absolute Gasteiger partial charge is 0.321 e. The first kappa shape index (κ1) is 21.8. The van der Waals surface area contributed by atoms with E-state index in [-0.39, 0.29) is 17.2 Å². The first-order valence-corrected chi connectivity index (χ1v) is 11.4. The molecule has 6 heteroatoms. The van der Waals surface area contributed by atoms with Crippen LogP contribution in [0.3, 0.4) is 0 Å². The van der Waals surface area contributed by atoms with E-state index in [1.54, 1.807) is 30.0 Å².